The number of hydrogen-bond donors (Lipinski definition) is 1. The number of nitrogens with zero attached hydrogens (tertiary/aromatic N) is 1. The van der Waals surface area contributed by atoms with Crippen LogP contribution in [-0.2, 0) is 14.8 Å². The van der Waals surface area contributed by atoms with E-state index in [0.29, 0.717) is 18.0 Å². The van der Waals surface area contributed by atoms with Crippen molar-refractivity contribution in [1.82, 2.24) is 9.62 Å². The van der Waals surface area contributed by atoms with Crippen LogP contribution in [0.15, 0.2) is 23.1 Å². The van der Waals surface area contributed by atoms with E-state index in [0.717, 1.165) is 44.9 Å². The number of unbranched alkanes of at least 4 members (excludes halogenated alkanes) is 1. The monoisotopic (exact) mass is 412 g/mol. The number of nitrogens with one attached hydrogen (secondary N) is 1. The fraction of sp³-hybridized carbons (Fsp3) is 0.650. The summed E-state index contributed by atoms with van der Waals surface area (Å²) >= 11 is 0. The van der Waals surface area contributed by atoms with Gasteiger partial charge in [0.1, 0.15) is 0 Å². The molecule has 1 aliphatic carbocycles. The number of hydrogen-bond acceptors (Lipinski definition) is 5. The van der Waals surface area contributed by atoms with Gasteiger partial charge < -0.3 is 14.8 Å². The summed E-state index contributed by atoms with van der Waals surface area (Å²) in [6.45, 7) is 2.44. The van der Waals surface area contributed by atoms with Gasteiger partial charge in [-0.2, -0.15) is 4.31 Å². The quantitative estimate of drug-likeness (QED) is 0.597. The zero-order valence-electron chi connectivity index (χ0n) is 17.1. The van der Waals surface area contributed by atoms with Gasteiger partial charge in [0.05, 0.1) is 25.7 Å². The van der Waals surface area contributed by atoms with Gasteiger partial charge in [0, 0.05) is 18.7 Å². The Kier molecular flexibility index (Phi) is 8.57. The number of amides is 1. The van der Waals surface area contributed by atoms with Crippen molar-refractivity contribution in [3.63, 3.8) is 0 Å². The van der Waals surface area contributed by atoms with Crippen LogP contribution >= 0.6 is 0 Å². The molecular formula is C20H32N2O5S. The first-order valence-electron chi connectivity index (χ1n) is 9.94. The third-order valence-electron chi connectivity index (χ3n) is 5.10. The highest BCUT2D eigenvalue weighted by atomic mass is 32.2. The Labute approximate surface area is 168 Å². The number of methoxy groups -OCH3 is 2. The van der Waals surface area contributed by atoms with Crippen LogP contribution in [0.4, 0.5) is 0 Å². The zero-order chi connectivity index (χ0) is 20.6. The van der Waals surface area contributed by atoms with E-state index >= 15 is 0 Å². The molecule has 0 unspecified atom stereocenters. The highest BCUT2D eigenvalue weighted by molar-refractivity contribution is 7.89. The molecule has 0 saturated heterocycles. The summed E-state index contributed by atoms with van der Waals surface area (Å²) < 4.78 is 38.7. The predicted molar refractivity (Wildman–Crippen MR) is 108 cm³/mol. The van der Waals surface area contributed by atoms with Gasteiger partial charge in [-0.3, -0.25) is 4.79 Å². The lowest BCUT2D eigenvalue weighted by Gasteiger charge is -2.33. The van der Waals surface area contributed by atoms with Crippen molar-refractivity contribution >= 4 is 15.9 Å². The van der Waals surface area contributed by atoms with Crippen LogP contribution < -0.4 is 14.8 Å². The molecule has 8 heteroatoms. The standard InChI is InChI=1S/C20H32N2O5S/c1-4-5-13-21-20(23)15-22(16-9-7-6-8-10-16)28(24,25)17-11-12-18(26-2)19(14-17)27-3/h11-12,14,16H,4-10,13,15H2,1-3H3,(H,21,23). The SMILES string of the molecule is CCCCNC(=O)CN(C1CCCCC1)S(=O)(=O)c1ccc(OC)c(OC)c1. The van der Waals surface area contributed by atoms with Gasteiger partial charge in [0.2, 0.25) is 15.9 Å². The first-order chi connectivity index (χ1) is 13.4. The summed E-state index contributed by atoms with van der Waals surface area (Å²) in [6, 6.07) is 4.37. The van der Waals surface area contributed by atoms with Crippen LogP contribution in [0.1, 0.15) is 51.9 Å². The molecule has 1 fully saturated rings. The summed E-state index contributed by atoms with van der Waals surface area (Å²) in [4.78, 5) is 12.5. The third-order valence-corrected chi connectivity index (χ3v) is 6.99. The molecule has 7 nitrogen and oxygen atoms in total. The van der Waals surface area contributed by atoms with Crippen molar-refractivity contribution in [2.75, 3.05) is 27.3 Å². The Balaban J connectivity index is 2.30. The molecule has 0 radical (unpaired) electrons. The van der Waals surface area contributed by atoms with Crippen molar-refractivity contribution in [3.05, 3.63) is 18.2 Å². The van der Waals surface area contributed by atoms with Crippen molar-refractivity contribution < 1.29 is 22.7 Å². The number of carbonyl (C=O) groups is 1. The van der Waals surface area contributed by atoms with Crippen LogP contribution in [0.2, 0.25) is 0 Å². The highest BCUT2D eigenvalue weighted by Crippen LogP contribution is 2.33. The lowest BCUT2D eigenvalue weighted by Crippen LogP contribution is -2.47. The van der Waals surface area contributed by atoms with E-state index in [1.165, 1.54) is 30.7 Å². The average molecular weight is 413 g/mol. The van der Waals surface area contributed by atoms with Gasteiger partial charge in [-0.1, -0.05) is 32.6 Å². The zero-order valence-corrected chi connectivity index (χ0v) is 17.9. The molecule has 1 aliphatic rings. The first-order valence-corrected chi connectivity index (χ1v) is 11.4. The molecule has 2 rings (SSSR count). The van der Waals surface area contributed by atoms with E-state index in [2.05, 4.69) is 5.32 Å². The van der Waals surface area contributed by atoms with Crippen LogP contribution in [0.25, 0.3) is 0 Å². The van der Waals surface area contributed by atoms with E-state index in [1.807, 2.05) is 6.92 Å². The Morgan fingerprint density at radius 3 is 2.43 bits per heavy atom. The van der Waals surface area contributed by atoms with Crippen molar-refractivity contribution in [1.29, 1.82) is 0 Å². The van der Waals surface area contributed by atoms with E-state index < -0.39 is 10.0 Å². The van der Waals surface area contributed by atoms with Crippen LogP contribution in [0.3, 0.4) is 0 Å². The Morgan fingerprint density at radius 2 is 1.82 bits per heavy atom. The third kappa shape index (κ3) is 5.61. The second-order valence-corrected chi connectivity index (χ2v) is 8.95. The van der Waals surface area contributed by atoms with Crippen molar-refractivity contribution in [3.8, 4) is 11.5 Å². The summed E-state index contributed by atoms with van der Waals surface area (Å²) in [5, 5.41) is 2.83. The molecule has 1 aromatic rings. The lowest BCUT2D eigenvalue weighted by molar-refractivity contribution is -0.121. The lowest BCUT2D eigenvalue weighted by atomic mass is 9.95. The van der Waals surface area contributed by atoms with Gasteiger partial charge in [0.15, 0.2) is 11.5 Å². The normalized spacial score (nSPS) is 15.4. The Hall–Kier alpha value is -1.80. The number of benzene rings is 1. The average Bonchev–Trinajstić information content (AvgIpc) is 2.72. The highest BCUT2D eigenvalue weighted by Gasteiger charge is 2.34. The van der Waals surface area contributed by atoms with Gasteiger partial charge in [-0.15, -0.1) is 0 Å². The predicted octanol–water partition coefficient (Wildman–Crippen LogP) is 2.94. The molecule has 0 bridgehead atoms. The van der Waals surface area contributed by atoms with Crippen LogP contribution in [0.5, 0.6) is 11.5 Å². The minimum atomic E-state index is -3.85. The maximum atomic E-state index is 13.4. The molecule has 1 aromatic carbocycles. The van der Waals surface area contributed by atoms with Gasteiger partial charge >= 0.3 is 0 Å². The number of carbonyl (C=O) groups excluding carboxylic acids is 1. The van der Waals surface area contributed by atoms with Crippen LogP contribution in [0, 0.1) is 0 Å². The maximum absolute atomic E-state index is 13.4. The molecule has 1 saturated carbocycles. The molecule has 158 valence electrons. The van der Waals surface area contributed by atoms with E-state index in [4.69, 9.17) is 9.47 Å². The Morgan fingerprint density at radius 1 is 1.14 bits per heavy atom. The molecule has 0 spiro atoms. The summed E-state index contributed by atoms with van der Waals surface area (Å²) in [5.41, 5.74) is 0. The van der Waals surface area contributed by atoms with E-state index in [1.54, 1.807) is 6.07 Å². The van der Waals surface area contributed by atoms with Gasteiger partial charge in [-0.05, 0) is 31.4 Å². The molecule has 0 aliphatic heterocycles. The van der Waals surface area contributed by atoms with Crippen LogP contribution in [-0.4, -0.2) is 52.0 Å². The maximum Gasteiger partial charge on any atom is 0.243 e. The summed E-state index contributed by atoms with van der Waals surface area (Å²) in [5.74, 6) is 0.547. The number of rotatable bonds is 10. The van der Waals surface area contributed by atoms with Crippen molar-refractivity contribution in [2.45, 2.75) is 62.8 Å². The second kappa shape index (κ2) is 10.7. The molecule has 1 N–H and O–H groups in total. The number of sulfonamides is 1. The summed E-state index contributed by atoms with van der Waals surface area (Å²) in [7, 11) is -0.879. The molecule has 28 heavy (non-hydrogen) atoms. The second-order valence-electron chi connectivity index (χ2n) is 7.06. The largest absolute Gasteiger partial charge is 0.493 e. The fourth-order valence-electron chi connectivity index (χ4n) is 3.49. The fourth-order valence-corrected chi connectivity index (χ4v) is 5.15. The topological polar surface area (TPSA) is 84.9 Å². The van der Waals surface area contributed by atoms with E-state index in [9.17, 15) is 13.2 Å². The van der Waals surface area contributed by atoms with E-state index in [-0.39, 0.29) is 23.4 Å². The first kappa shape index (κ1) is 22.5. The molecule has 0 heterocycles. The molecule has 0 atom stereocenters. The van der Waals surface area contributed by atoms with Crippen molar-refractivity contribution in [2.24, 2.45) is 0 Å². The smallest absolute Gasteiger partial charge is 0.243 e. The minimum absolute atomic E-state index is 0.108. The van der Waals surface area contributed by atoms with Gasteiger partial charge in [-0.25, -0.2) is 8.42 Å². The molecule has 0 aromatic heterocycles. The molecular weight excluding hydrogens is 380 g/mol. The molecule has 1 amide bonds. The Bertz CT molecular complexity index is 745. The number of ether oxygens (including phenoxy) is 2. The minimum Gasteiger partial charge on any atom is -0.493 e. The van der Waals surface area contributed by atoms with Gasteiger partial charge in [0.25, 0.3) is 0 Å². The summed E-state index contributed by atoms with van der Waals surface area (Å²) in [6.07, 6.45) is 6.43.